The molecule has 0 fully saturated rings. The van der Waals surface area contributed by atoms with E-state index in [0.717, 1.165) is 44.1 Å². The molecule has 0 radical (unpaired) electrons. The molecular weight excluding hydrogens is 380 g/mol. The van der Waals surface area contributed by atoms with Gasteiger partial charge >= 0.3 is 0 Å². The lowest BCUT2D eigenvalue weighted by Gasteiger charge is -2.03. The number of furan rings is 2. The summed E-state index contributed by atoms with van der Waals surface area (Å²) in [7, 11) is 0. The predicted molar refractivity (Wildman–Crippen MR) is 129 cm³/mol. The van der Waals surface area contributed by atoms with Crippen LogP contribution in [0.1, 0.15) is 5.56 Å². The Bertz CT molecular complexity index is 1780. The summed E-state index contributed by atoms with van der Waals surface area (Å²) in [5, 5.41) is 7.02. The van der Waals surface area contributed by atoms with Gasteiger partial charge in [-0.3, -0.25) is 0 Å². The molecule has 0 spiro atoms. The van der Waals surface area contributed by atoms with E-state index in [4.69, 9.17) is 8.83 Å². The molecule has 2 heterocycles. The Labute approximate surface area is 178 Å². The first-order valence-corrected chi connectivity index (χ1v) is 10.5. The molecule has 0 aliphatic rings. The zero-order valence-electron chi connectivity index (χ0n) is 17.0. The van der Waals surface area contributed by atoms with Crippen LogP contribution in [0.4, 0.5) is 0 Å². The van der Waals surface area contributed by atoms with E-state index in [1.54, 1.807) is 0 Å². The van der Waals surface area contributed by atoms with Crippen molar-refractivity contribution in [3.63, 3.8) is 0 Å². The van der Waals surface area contributed by atoms with Crippen LogP contribution in [0.15, 0.2) is 99.8 Å². The molecule has 7 aromatic rings. The van der Waals surface area contributed by atoms with Crippen molar-refractivity contribution >= 4 is 54.6 Å². The first kappa shape index (κ1) is 16.7. The Kier molecular flexibility index (Phi) is 3.23. The number of fused-ring (bicyclic) bond motifs is 9. The van der Waals surface area contributed by atoms with Gasteiger partial charge in [0.1, 0.15) is 22.3 Å². The lowest BCUT2D eigenvalue weighted by Crippen LogP contribution is -1.78. The van der Waals surface area contributed by atoms with Crippen LogP contribution in [0.2, 0.25) is 0 Å². The van der Waals surface area contributed by atoms with Gasteiger partial charge in [-0.25, -0.2) is 0 Å². The fourth-order valence-corrected chi connectivity index (χ4v) is 4.87. The Hall–Kier alpha value is -4.04. The Balaban J connectivity index is 1.57. The van der Waals surface area contributed by atoms with Crippen LogP contribution in [-0.2, 0) is 0 Å². The smallest absolute Gasteiger partial charge is 0.136 e. The molecule has 0 atom stereocenters. The first-order valence-electron chi connectivity index (χ1n) is 10.5. The first-order chi connectivity index (χ1) is 15.3. The molecule has 0 bridgehead atoms. The van der Waals surface area contributed by atoms with Crippen molar-refractivity contribution in [2.75, 3.05) is 0 Å². The van der Waals surface area contributed by atoms with Crippen molar-refractivity contribution in [2.24, 2.45) is 0 Å². The molecular formula is C29H18O2. The molecule has 2 aromatic heterocycles. The zero-order valence-corrected chi connectivity index (χ0v) is 17.0. The minimum Gasteiger partial charge on any atom is -0.456 e. The van der Waals surface area contributed by atoms with Gasteiger partial charge < -0.3 is 8.83 Å². The minimum absolute atomic E-state index is 0.913. The highest BCUT2D eigenvalue weighted by Gasteiger charge is 2.16. The fourth-order valence-electron chi connectivity index (χ4n) is 4.87. The highest BCUT2D eigenvalue weighted by Crippen LogP contribution is 2.41. The molecule has 2 heteroatoms. The maximum absolute atomic E-state index is 6.30. The van der Waals surface area contributed by atoms with Crippen molar-refractivity contribution in [3.8, 4) is 11.1 Å². The molecule has 0 N–H and O–H groups in total. The second-order valence-electron chi connectivity index (χ2n) is 8.25. The van der Waals surface area contributed by atoms with E-state index < -0.39 is 0 Å². The van der Waals surface area contributed by atoms with E-state index in [1.165, 1.54) is 27.3 Å². The Morgan fingerprint density at radius 2 is 1.03 bits per heavy atom. The van der Waals surface area contributed by atoms with Crippen molar-refractivity contribution in [2.45, 2.75) is 6.92 Å². The number of hydrogen-bond acceptors (Lipinski definition) is 2. The van der Waals surface area contributed by atoms with E-state index in [-0.39, 0.29) is 0 Å². The molecule has 2 nitrogen and oxygen atoms in total. The topological polar surface area (TPSA) is 26.3 Å². The molecule has 31 heavy (non-hydrogen) atoms. The molecule has 0 amide bonds. The molecule has 0 unspecified atom stereocenters. The maximum atomic E-state index is 6.30. The van der Waals surface area contributed by atoms with Crippen molar-refractivity contribution in [1.29, 1.82) is 0 Å². The van der Waals surface area contributed by atoms with Crippen LogP contribution in [0.25, 0.3) is 65.8 Å². The average Bonchev–Trinajstić information content (AvgIpc) is 3.36. The van der Waals surface area contributed by atoms with Crippen LogP contribution in [-0.4, -0.2) is 0 Å². The number of aryl methyl sites for hydroxylation is 1. The second-order valence-corrected chi connectivity index (χ2v) is 8.25. The largest absolute Gasteiger partial charge is 0.456 e. The van der Waals surface area contributed by atoms with Gasteiger partial charge in [0.2, 0.25) is 0 Å². The fraction of sp³-hybridized carbons (Fsp3) is 0.0345. The standard InChI is InChI=1S/C29H18O2/c1-17-7-9-22-26(15-17)30-24-13-11-21-20(28(22)24)12-14-25-29(21)23-10-8-19(16-27(23)31-25)18-5-3-2-4-6-18/h2-16H,1H3. The Morgan fingerprint density at radius 3 is 1.71 bits per heavy atom. The third-order valence-electron chi connectivity index (χ3n) is 6.33. The van der Waals surface area contributed by atoms with Gasteiger partial charge in [0.05, 0.1) is 0 Å². The lowest BCUT2D eigenvalue weighted by molar-refractivity contribution is 0.668. The summed E-state index contributed by atoms with van der Waals surface area (Å²) in [5.41, 5.74) is 7.24. The summed E-state index contributed by atoms with van der Waals surface area (Å²) < 4.78 is 12.5. The van der Waals surface area contributed by atoms with Gasteiger partial charge in [-0.2, -0.15) is 0 Å². The summed E-state index contributed by atoms with van der Waals surface area (Å²) >= 11 is 0. The van der Waals surface area contributed by atoms with E-state index in [1.807, 2.05) is 6.07 Å². The third kappa shape index (κ3) is 2.33. The summed E-state index contributed by atoms with van der Waals surface area (Å²) in [6.45, 7) is 2.09. The van der Waals surface area contributed by atoms with Gasteiger partial charge in [-0.15, -0.1) is 0 Å². The zero-order chi connectivity index (χ0) is 20.5. The number of hydrogen-bond donors (Lipinski definition) is 0. The van der Waals surface area contributed by atoms with Gasteiger partial charge in [-0.1, -0.05) is 48.5 Å². The molecule has 0 aliphatic heterocycles. The molecule has 0 saturated heterocycles. The summed E-state index contributed by atoms with van der Waals surface area (Å²) in [6, 6.07) is 31.8. The van der Waals surface area contributed by atoms with Crippen LogP contribution in [0, 0.1) is 6.92 Å². The van der Waals surface area contributed by atoms with Gasteiger partial charge in [0.25, 0.3) is 0 Å². The van der Waals surface area contributed by atoms with E-state index >= 15 is 0 Å². The molecule has 0 aliphatic carbocycles. The third-order valence-corrected chi connectivity index (χ3v) is 6.33. The van der Waals surface area contributed by atoms with Crippen LogP contribution < -0.4 is 0 Å². The SMILES string of the molecule is Cc1ccc2c(c1)oc1ccc3c(ccc4oc5cc(-c6ccccc6)ccc5c43)c12. The van der Waals surface area contributed by atoms with Crippen LogP contribution in [0.3, 0.4) is 0 Å². The van der Waals surface area contributed by atoms with Gasteiger partial charge in [-0.05, 0) is 76.9 Å². The van der Waals surface area contributed by atoms with Crippen LogP contribution >= 0.6 is 0 Å². The normalized spacial score (nSPS) is 12.0. The lowest BCUT2D eigenvalue weighted by atomic mass is 9.98. The van der Waals surface area contributed by atoms with Crippen LogP contribution in [0.5, 0.6) is 0 Å². The van der Waals surface area contributed by atoms with E-state index in [2.05, 4.69) is 91.9 Å². The number of rotatable bonds is 1. The molecule has 146 valence electrons. The average molecular weight is 398 g/mol. The van der Waals surface area contributed by atoms with Crippen molar-refractivity contribution < 1.29 is 8.83 Å². The van der Waals surface area contributed by atoms with E-state index in [9.17, 15) is 0 Å². The maximum Gasteiger partial charge on any atom is 0.136 e. The summed E-state index contributed by atoms with van der Waals surface area (Å²) in [4.78, 5) is 0. The summed E-state index contributed by atoms with van der Waals surface area (Å²) in [5.74, 6) is 0. The predicted octanol–water partition coefficient (Wildman–Crippen LogP) is 8.61. The minimum atomic E-state index is 0.913. The number of benzene rings is 5. The highest BCUT2D eigenvalue weighted by molar-refractivity contribution is 6.27. The molecule has 5 aromatic carbocycles. The highest BCUT2D eigenvalue weighted by atomic mass is 16.3. The summed E-state index contributed by atoms with van der Waals surface area (Å²) in [6.07, 6.45) is 0. The van der Waals surface area contributed by atoms with Crippen molar-refractivity contribution in [1.82, 2.24) is 0 Å². The second kappa shape index (κ2) is 5.99. The van der Waals surface area contributed by atoms with Gasteiger partial charge in [0.15, 0.2) is 0 Å². The molecule has 0 saturated carbocycles. The molecule has 7 rings (SSSR count). The Morgan fingerprint density at radius 1 is 0.452 bits per heavy atom. The quantitative estimate of drug-likeness (QED) is 0.277. The van der Waals surface area contributed by atoms with Crippen molar-refractivity contribution in [3.05, 3.63) is 96.6 Å². The van der Waals surface area contributed by atoms with Gasteiger partial charge in [0, 0.05) is 21.5 Å². The van der Waals surface area contributed by atoms with E-state index in [0.29, 0.717) is 0 Å². The monoisotopic (exact) mass is 398 g/mol.